The summed E-state index contributed by atoms with van der Waals surface area (Å²) in [5, 5.41) is 13.0. The van der Waals surface area contributed by atoms with Crippen LogP contribution in [0, 0.1) is 17.0 Å². The molecule has 1 heterocycles. The van der Waals surface area contributed by atoms with E-state index in [0.29, 0.717) is 11.1 Å². The van der Waals surface area contributed by atoms with E-state index >= 15 is 0 Å². The average Bonchev–Trinajstić information content (AvgIpc) is 2.47. The van der Waals surface area contributed by atoms with E-state index in [1.165, 1.54) is 12.3 Å². The zero-order valence-electron chi connectivity index (χ0n) is 11.1. The maximum Gasteiger partial charge on any atom is 0.300 e. The van der Waals surface area contributed by atoms with Crippen molar-refractivity contribution in [1.29, 1.82) is 0 Å². The first-order valence-electron chi connectivity index (χ1n) is 6.00. The lowest BCUT2D eigenvalue weighted by Gasteiger charge is -2.06. The van der Waals surface area contributed by atoms with Crippen molar-refractivity contribution in [3.05, 3.63) is 69.5 Å². The van der Waals surface area contributed by atoms with E-state index in [-0.39, 0.29) is 5.56 Å². The van der Waals surface area contributed by atoms with Crippen LogP contribution in [0.4, 0.5) is 5.69 Å². The molecule has 1 N–H and O–H groups in total. The molecule has 21 heavy (non-hydrogen) atoms. The maximum atomic E-state index is 12.0. The molecule has 0 saturated carbocycles. The van der Waals surface area contributed by atoms with Crippen LogP contribution >= 0.6 is 0 Å². The molecule has 1 aromatic carbocycles. The highest BCUT2D eigenvalue weighted by atomic mass is 16.6. The van der Waals surface area contributed by atoms with Gasteiger partial charge in [-0.15, -0.1) is 0 Å². The SMILES string of the molecule is Cc1ccccc1C(=O)NC(=O)c1ccncc1[N+](=O)[O-]. The van der Waals surface area contributed by atoms with Gasteiger partial charge in [0, 0.05) is 11.8 Å². The Morgan fingerprint density at radius 1 is 1.14 bits per heavy atom. The van der Waals surface area contributed by atoms with E-state index in [9.17, 15) is 19.7 Å². The summed E-state index contributed by atoms with van der Waals surface area (Å²) in [4.78, 5) is 37.7. The van der Waals surface area contributed by atoms with E-state index in [0.717, 1.165) is 6.20 Å². The van der Waals surface area contributed by atoms with Crippen LogP contribution in [-0.4, -0.2) is 21.7 Å². The molecule has 0 saturated heterocycles. The van der Waals surface area contributed by atoms with Crippen molar-refractivity contribution < 1.29 is 14.5 Å². The summed E-state index contributed by atoms with van der Waals surface area (Å²) in [6.45, 7) is 1.73. The molecule has 0 radical (unpaired) electrons. The Hall–Kier alpha value is -3.09. The third-order valence-corrected chi connectivity index (χ3v) is 2.86. The lowest BCUT2D eigenvalue weighted by molar-refractivity contribution is -0.385. The summed E-state index contributed by atoms with van der Waals surface area (Å²) in [6, 6.07) is 7.93. The number of nitrogens with one attached hydrogen (secondary N) is 1. The van der Waals surface area contributed by atoms with E-state index in [2.05, 4.69) is 10.3 Å². The number of nitrogens with zero attached hydrogens (tertiary/aromatic N) is 2. The minimum absolute atomic E-state index is 0.211. The fourth-order valence-corrected chi connectivity index (χ4v) is 1.79. The Morgan fingerprint density at radius 2 is 1.81 bits per heavy atom. The normalized spacial score (nSPS) is 9.95. The topological polar surface area (TPSA) is 102 Å². The molecule has 0 spiro atoms. The van der Waals surface area contributed by atoms with Crippen LogP contribution < -0.4 is 5.32 Å². The number of nitro groups is 1. The first-order valence-corrected chi connectivity index (χ1v) is 6.00. The van der Waals surface area contributed by atoms with Crippen molar-refractivity contribution in [3.63, 3.8) is 0 Å². The molecular formula is C14H11N3O4. The second-order valence-corrected chi connectivity index (χ2v) is 4.25. The van der Waals surface area contributed by atoms with Gasteiger partial charge in [0.15, 0.2) is 0 Å². The fraction of sp³-hybridized carbons (Fsp3) is 0.0714. The molecule has 0 bridgehead atoms. The van der Waals surface area contributed by atoms with Crippen molar-refractivity contribution in [2.24, 2.45) is 0 Å². The standard InChI is InChI=1S/C14H11N3O4/c1-9-4-2-3-5-10(9)13(18)16-14(19)11-6-7-15-8-12(11)17(20)21/h2-8H,1H3,(H,16,18,19). The van der Waals surface area contributed by atoms with Crippen LogP contribution in [0.1, 0.15) is 26.3 Å². The van der Waals surface area contributed by atoms with Gasteiger partial charge in [-0.1, -0.05) is 18.2 Å². The van der Waals surface area contributed by atoms with E-state index in [1.807, 2.05) is 0 Å². The average molecular weight is 285 g/mol. The second kappa shape index (κ2) is 5.91. The maximum absolute atomic E-state index is 12.0. The Balaban J connectivity index is 2.25. The lowest BCUT2D eigenvalue weighted by Crippen LogP contribution is -2.31. The summed E-state index contributed by atoms with van der Waals surface area (Å²) in [5.74, 6) is -1.44. The van der Waals surface area contributed by atoms with Crippen LogP contribution in [0.5, 0.6) is 0 Å². The quantitative estimate of drug-likeness (QED) is 0.527. The highest BCUT2D eigenvalue weighted by molar-refractivity contribution is 6.12. The minimum atomic E-state index is -0.836. The number of amides is 2. The molecule has 2 aromatic rings. The van der Waals surface area contributed by atoms with E-state index < -0.39 is 22.4 Å². The number of aromatic nitrogens is 1. The number of carbonyl (C=O) groups excluding carboxylic acids is 2. The summed E-state index contributed by atoms with van der Waals surface area (Å²) in [6.07, 6.45) is 2.22. The number of pyridine rings is 1. The van der Waals surface area contributed by atoms with Gasteiger partial charge >= 0.3 is 0 Å². The summed E-state index contributed by atoms with van der Waals surface area (Å²) < 4.78 is 0. The molecule has 7 heteroatoms. The van der Waals surface area contributed by atoms with Crippen LogP contribution in [0.3, 0.4) is 0 Å². The monoisotopic (exact) mass is 285 g/mol. The van der Waals surface area contributed by atoms with Gasteiger partial charge < -0.3 is 0 Å². The summed E-state index contributed by atoms with van der Waals surface area (Å²) >= 11 is 0. The van der Waals surface area contributed by atoms with Gasteiger partial charge in [0.25, 0.3) is 17.5 Å². The highest BCUT2D eigenvalue weighted by Gasteiger charge is 2.22. The van der Waals surface area contributed by atoms with Crippen LogP contribution in [0.25, 0.3) is 0 Å². The van der Waals surface area contributed by atoms with Crippen molar-refractivity contribution in [2.45, 2.75) is 6.92 Å². The molecule has 2 amide bonds. The smallest absolute Gasteiger partial charge is 0.288 e. The van der Waals surface area contributed by atoms with Crippen molar-refractivity contribution >= 4 is 17.5 Å². The van der Waals surface area contributed by atoms with Crippen LogP contribution in [-0.2, 0) is 0 Å². The molecule has 0 fully saturated rings. The lowest BCUT2D eigenvalue weighted by atomic mass is 10.1. The first kappa shape index (κ1) is 14.3. The van der Waals surface area contributed by atoms with Gasteiger partial charge in [-0.05, 0) is 24.6 Å². The molecule has 106 valence electrons. The van der Waals surface area contributed by atoms with Gasteiger partial charge in [0.2, 0.25) is 0 Å². The molecular weight excluding hydrogens is 274 g/mol. The predicted molar refractivity (Wildman–Crippen MR) is 73.9 cm³/mol. The highest BCUT2D eigenvalue weighted by Crippen LogP contribution is 2.16. The van der Waals surface area contributed by atoms with Crippen molar-refractivity contribution in [1.82, 2.24) is 10.3 Å². The number of carbonyl (C=O) groups is 2. The molecule has 2 rings (SSSR count). The zero-order chi connectivity index (χ0) is 15.4. The summed E-state index contributed by atoms with van der Waals surface area (Å²) in [7, 11) is 0. The zero-order valence-corrected chi connectivity index (χ0v) is 11.1. The number of benzene rings is 1. The minimum Gasteiger partial charge on any atom is -0.288 e. The Kier molecular flexibility index (Phi) is 4.03. The number of hydrogen-bond donors (Lipinski definition) is 1. The number of aryl methyl sites for hydroxylation is 1. The van der Waals surface area contributed by atoms with Gasteiger partial charge in [-0.25, -0.2) is 0 Å². The fourth-order valence-electron chi connectivity index (χ4n) is 1.79. The van der Waals surface area contributed by atoms with E-state index in [4.69, 9.17) is 0 Å². The largest absolute Gasteiger partial charge is 0.300 e. The van der Waals surface area contributed by atoms with Crippen LogP contribution in [0.15, 0.2) is 42.7 Å². The molecule has 0 unspecified atom stereocenters. The Labute approximate surface area is 119 Å². The van der Waals surface area contributed by atoms with Gasteiger partial charge in [0.05, 0.1) is 4.92 Å². The predicted octanol–water partition coefficient (Wildman–Crippen LogP) is 1.87. The number of hydrogen-bond acceptors (Lipinski definition) is 5. The van der Waals surface area contributed by atoms with Gasteiger partial charge in [-0.3, -0.25) is 30.0 Å². The molecule has 0 aliphatic carbocycles. The third-order valence-electron chi connectivity index (χ3n) is 2.86. The molecule has 7 nitrogen and oxygen atoms in total. The van der Waals surface area contributed by atoms with Crippen molar-refractivity contribution in [2.75, 3.05) is 0 Å². The molecule has 1 aromatic heterocycles. The van der Waals surface area contributed by atoms with Crippen LogP contribution in [0.2, 0.25) is 0 Å². The van der Waals surface area contributed by atoms with Gasteiger partial charge in [0.1, 0.15) is 11.8 Å². The number of imide groups is 1. The molecule has 0 atom stereocenters. The molecule has 0 aliphatic heterocycles. The third kappa shape index (κ3) is 3.08. The number of rotatable bonds is 3. The second-order valence-electron chi connectivity index (χ2n) is 4.25. The summed E-state index contributed by atoms with van der Waals surface area (Å²) in [5.41, 5.74) is 0.374. The van der Waals surface area contributed by atoms with E-state index in [1.54, 1.807) is 31.2 Å². The first-order chi connectivity index (χ1) is 10.0. The molecule has 0 aliphatic rings. The Bertz CT molecular complexity index is 728. The van der Waals surface area contributed by atoms with Gasteiger partial charge in [-0.2, -0.15) is 0 Å². The Morgan fingerprint density at radius 3 is 2.48 bits per heavy atom. The van der Waals surface area contributed by atoms with Crippen molar-refractivity contribution in [3.8, 4) is 0 Å².